The highest BCUT2D eigenvalue weighted by Gasteiger charge is 2.07. The maximum Gasteiger partial charge on any atom is 0.112 e. The van der Waals surface area contributed by atoms with Crippen LogP contribution >= 0.6 is 17.0 Å². The molecule has 1 saturated heterocycles. The van der Waals surface area contributed by atoms with Crippen molar-refractivity contribution in [2.45, 2.75) is 25.4 Å². The van der Waals surface area contributed by atoms with Gasteiger partial charge in [0.05, 0.1) is 0 Å². The lowest BCUT2D eigenvalue weighted by molar-refractivity contribution is 0.314. The standard InChI is InChI=1S/C6H12FN.BrH/c7-6-3-1-2-4-8-5-6;/h6,8H,1-5H2;1H/t6-;/m0./s1. The van der Waals surface area contributed by atoms with Crippen molar-refractivity contribution in [1.82, 2.24) is 5.32 Å². The fourth-order valence-corrected chi connectivity index (χ4v) is 0.977. The summed E-state index contributed by atoms with van der Waals surface area (Å²) in [5.41, 5.74) is 0. The molecule has 0 amide bonds. The molecule has 3 heteroatoms. The van der Waals surface area contributed by atoms with Gasteiger partial charge in [0.15, 0.2) is 0 Å². The van der Waals surface area contributed by atoms with Crippen LogP contribution in [0.15, 0.2) is 0 Å². The average molecular weight is 198 g/mol. The molecule has 9 heavy (non-hydrogen) atoms. The van der Waals surface area contributed by atoms with Crippen LogP contribution in [0.5, 0.6) is 0 Å². The summed E-state index contributed by atoms with van der Waals surface area (Å²) >= 11 is 0. The van der Waals surface area contributed by atoms with E-state index >= 15 is 0 Å². The summed E-state index contributed by atoms with van der Waals surface area (Å²) in [6.45, 7) is 1.57. The summed E-state index contributed by atoms with van der Waals surface area (Å²) in [7, 11) is 0. The van der Waals surface area contributed by atoms with E-state index in [1.807, 2.05) is 0 Å². The molecule has 0 saturated carbocycles. The highest BCUT2D eigenvalue weighted by Crippen LogP contribution is 2.06. The van der Waals surface area contributed by atoms with Gasteiger partial charge in [-0.25, -0.2) is 4.39 Å². The van der Waals surface area contributed by atoms with Crippen LogP contribution in [0.1, 0.15) is 19.3 Å². The van der Waals surface area contributed by atoms with Crippen molar-refractivity contribution in [2.75, 3.05) is 13.1 Å². The van der Waals surface area contributed by atoms with Crippen LogP contribution in [-0.4, -0.2) is 19.3 Å². The van der Waals surface area contributed by atoms with E-state index in [-0.39, 0.29) is 17.0 Å². The predicted octanol–water partition coefficient (Wildman–Crippen LogP) is 1.68. The average Bonchev–Trinajstić information content (AvgIpc) is 1.94. The quantitative estimate of drug-likeness (QED) is 0.624. The van der Waals surface area contributed by atoms with Gasteiger partial charge in [-0.15, -0.1) is 17.0 Å². The van der Waals surface area contributed by atoms with Crippen molar-refractivity contribution in [3.05, 3.63) is 0 Å². The third-order valence-corrected chi connectivity index (χ3v) is 1.49. The van der Waals surface area contributed by atoms with Crippen LogP contribution < -0.4 is 5.32 Å². The Hall–Kier alpha value is 0.370. The Balaban J connectivity index is 0.000000640. The van der Waals surface area contributed by atoms with Gasteiger partial charge in [-0.1, -0.05) is 0 Å². The van der Waals surface area contributed by atoms with E-state index in [1.165, 1.54) is 0 Å². The summed E-state index contributed by atoms with van der Waals surface area (Å²) < 4.78 is 12.4. The Morgan fingerprint density at radius 3 is 2.89 bits per heavy atom. The maximum atomic E-state index is 12.4. The topological polar surface area (TPSA) is 12.0 Å². The molecule has 0 unspecified atom stereocenters. The first-order valence-corrected chi connectivity index (χ1v) is 3.24. The van der Waals surface area contributed by atoms with Crippen molar-refractivity contribution >= 4 is 17.0 Å². The lowest BCUT2D eigenvalue weighted by Gasteiger charge is -1.99. The molecule has 56 valence electrons. The van der Waals surface area contributed by atoms with Gasteiger partial charge >= 0.3 is 0 Å². The smallest absolute Gasteiger partial charge is 0.112 e. The van der Waals surface area contributed by atoms with Crippen molar-refractivity contribution in [3.63, 3.8) is 0 Å². The Morgan fingerprint density at radius 2 is 2.11 bits per heavy atom. The summed E-state index contributed by atoms with van der Waals surface area (Å²) in [5.74, 6) is 0. The van der Waals surface area contributed by atoms with E-state index < -0.39 is 6.17 Å². The molecule has 0 aromatic rings. The number of hydrogen-bond donors (Lipinski definition) is 1. The van der Waals surface area contributed by atoms with Gasteiger partial charge in [0.1, 0.15) is 6.17 Å². The van der Waals surface area contributed by atoms with Crippen LogP contribution in [-0.2, 0) is 0 Å². The van der Waals surface area contributed by atoms with Gasteiger partial charge in [0.2, 0.25) is 0 Å². The van der Waals surface area contributed by atoms with Crippen LogP contribution in [0.2, 0.25) is 0 Å². The van der Waals surface area contributed by atoms with Crippen molar-refractivity contribution in [3.8, 4) is 0 Å². The second kappa shape index (κ2) is 5.18. The van der Waals surface area contributed by atoms with Crippen molar-refractivity contribution < 1.29 is 4.39 Å². The van der Waals surface area contributed by atoms with Crippen LogP contribution in [0.3, 0.4) is 0 Å². The summed E-state index contributed by atoms with van der Waals surface area (Å²) in [6, 6.07) is 0. The first-order valence-electron chi connectivity index (χ1n) is 3.24. The SMILES string of the molecule is Br.F[C@H]1CCCCNC1. The van der Waals surface area contributed by atoms with Crippen molar-refractivity contribution in [2.24, 2.45) is 0 Å². The molecule has 1 nitrogen and oxygen atoms in total. The minimum atomic E-state index is -0.586. The summed E-state index contributed by atoms with van der Waals surface area (Å²) in [6.07, 6.45) is 2.36. The van der Waals surface area contributed by atoms with Gasteiger partial charge in [0, 0.05) is 6.54 Å². The van der Waals surface area contributed by atoms with Gasteiger partial charge in [-0.2, -0.15) is 0 Å². The van der Waals surface area contributed by atoms with E-state index in [4.69, 9.17) is 0 Å². The van der Waals surface area contributed by atoms with Gasteiger partial charge in [-0.05, 0) is 25.8 Å². The van der Waals surface area contributed by atoms with Crippen LogP contribution in [0.4, 0.5) is 4.39 Å². The fourth-order valence-electron chi connectivity index (χ4n) is 0.977. The molecule has 1 aliphatic rings. The Morgan fingerprint density at radius 1 is 1.33 bits per heavy atom. The second-order valence-corrected chi connectivity index (χ2v) is 2.30. The first kappa shape index (κ1) is 9.37. The minimum Gasteiger partial charge on any atom is -0.314 e. The Kier molecular flexibility index (Phi) is 5.39. The number of hydrogen-bond acceptors (Lipinski definition) is 1. The fraction of sp³-hybridized carbons (Fsp3) is 1.00. The first-order chi connectivity index (χ1) is 3.89. The minimum absolute atomic E-state index is 0. The lowest BCUT2D eigenvalue weighted by atomic mass is 10.2. The van der Waals surface area contributed by atoms with E-state index in [1.54, 1.807) is 0 Å². The number of rotatable bonds is 0. The molecule has 1 heterocycles. The molecule has 0 radical (unpaired) electrons. The van der Waals surface area contributed by atoms with Crippen LogP contribution in [0, 0.1) is 0 Å². The highest BCUT2D eigenvalue weighted by atomic mass is 79.9. The summed E-state index contributed by atoms with van der Waals surface area (Å²) in [5, 5.41) is 3.02. The normalized spacial score (nSPS) is 28.3. The van der Waals surface area contributed by atoms with E-state index in [2.05, 4.69) is 5.32 Å². The zero-order valence-electron chi connectivity index (χ0n) is 5.40. The van der Waals surface area contributed by atoms with Gasteiger partial charge in [-0.3, -0.25) is 0 Å². The molecular formula is C6H13BrFN. The lowest BCUT2D eigenvalue weighted by Crippen LogP contribution is -2.20. The molecule has 0 aromatic heterocycles. The number of halogens is 2. The molecule has 0 aromatic carbocycles. The molecule has 0 bridgehead atoms. The molecular weight excluding hydrogens is 185 g/mol. The Labute approximate surface area is 65.8 Å². The maximum absolute atomic E-state index is 12.4. The zero-order chi connectivity index (χ0) is 5.82. The van der Waals surface area contributed by atoms with Crippen molar-refractivity contribution in [1.29, 1.82) is 0 Å². The van der Waals surface area contributed by atoms with E-state index in [0.717, 1.165) is 25.8 Å². The van der Waals surface area contributed by atoms with Gasteiger partial charge in [0.25, 0.3) is 0 Å². The largest absolute Gasteiger partial charge is 0.314 e. The molecule has 1 atom stereocenters. The molecule has 1 fully saturated rings. The van der Waals surface area contributed by atoms with E-state index in [0.29, 0.717) is 6.54 Å². The number of nitrogens with one attached hydrogen (secondary N) is 1. The van der Waals surface area contributed by atoms with E-state index in [9.17, 15) is 4.39 Å². The van der Waals surface area contributed by atoms with Gasteiger partial charge < -0.3 is 5.32 Å². The third-order valence-electron chi connectivity index (χ3n) is 1.49. The molecule has 0 aliphatic carbocycles. The molecule has 0 spiro atoms. The van der Waals surface area contributed by atoms with Crippen LogP contribution in [0.25, 0.3) is 0 Å². The monoisotopic (exact) mass is 197 g/mol. The molecule has 1 N–H and O–H groups in total. The zero-order valence-corrected chi connectivity index (χ0v) is 7.11. The second-order valence-electron chi connectivity index (χ2n) is 2.30. The highest BCUT2D eigenvalue weighted by molar-refractivity contribution is 8.93. The molecule has 1 rings (SSSR count). The summed E-state index contributed by atoms with van der Waals surface area (Å²) in [4.78, 5) is 0. The Bertz CT molecular complexity index is 62.1. The molecule has 1 aliphatic heterocycles. The third kappa shape index (κ3) is 3.87. The number of alkyl halides is 1. The predicted molar refractivity (Wildman–Crippen MR) is 41.9 cm³/mol.